The first-order valence-electron chi connectivity index (χ1n) is 10.1. The molecule has 0 saturated carbocycles. The number of aromatic nitrogens is 1. The predicted molar refractivity (Wildman–Crippen MR) is 116 cm³/mol. The van der Waals surface area contributed by atoms with Crippen LogP contribution in [0.3, 0.4) is 0 Å². The molecule has 1 amide bonds. The Labute approximate surface area is 181 Å². The van der Waals surface area contributed by atoms with E-state index in [-0.39, 0.29) is 16.1 Å². The molecule has 0 spiro atoms. The number of amides is 1. The van der Waals surface area contributed by atoms with E-state index in [0.29, 0.717) is 37.9 Å². The minimum absolute atomic E-state index is 0.0407. The number of morpholine rings is 1. The van der Waals surface area contributed by atoms with Crippen molar-refractivity contribution in [1.29, 1.82) is 0 Å². The van der Waals surface area contributed by atoms with Crippen LogP contribution in [0.4, 0.5) is 5.69 Å². The van der Waals surface area contributed by atoms with Crippen molar-refractivity contribution in [2.24, 2.45) is 0 Å². The molecular weight excluding hydrogens is 422 g/mol. The molecule has 3 heterocycles. The fraction of sp³-hybridized carbons (Fsp3) is 0.429. The number of benzene rings is 1. The number of hydrogen-bond donors (Lipinski definition) is 0. The van der Waals surface area contributed by atoms with Gasteiger partial charge in [-0.3, -0.25) is 4.79 Å². The fourth-order valence-electron chi connectivity index (χ4n) is 3.74. The minimum Gasteiger partial charge on any atom is -0.379 e. The summed E-state index contributed by atoms with van der Waals surface area (Å²) < 4.78 is 32.1. The Morgan fingerprint density at radius 2 is 1.90 bits per heavy atom. The Kier molecular flexibility index (Phi) is 6.43. The number of rotatable bonds is 5. The van der Waals surface area contributed by atoms with Gasteiger partial charge in [0.2, 0.25) is 15.9 Å². The highest BCUT2D eigenvalue weighted by Gasteiger charge is 2.28. The number of nitrogens with zero attached hydrogens (tertiary/aromatic N) is 3. The molecule has 1 aromatic carbocycles. The Hall–Kier alpha value is -1.94. The Balaban J connectivity index is 1.44. The molecule has 2 aliphatic rings. The summed E-state index contributed by atoms with van der Waals surface area (Å²) in [4.78, 5) is 19.4. The van der Waals surface area contributed by atoms with Crippen LogP contribution < -0.4 is 4.90 Å². The van der Waals surface area contributed by atoms with Crippen LogP contribution in [0.25, 0.3) is 0 Å². The van der Waals surface area contributed by atoms with Crippen LogP contribution in [0.2, 0.25) is 0 Å². The van der Waals surface area contributed by atoms with Crippen molar-refractivity contribution < 1.29 is 17.9 Å². The molecule has 0 N–H and O–H groups in total. The van der Waals surface area contributed by atoms with E-state index < -0.39 is 10.0 Å². The van der Waals surface area contributed by atoms with Gasteiger partial charge in [0.05, 0.1) is 23.5 Å². The maximum Gasteiger partial charge on any atom is 0.244 e. The lowest BCUT2D eigenvalue weighted by Gasteiger charge is -2.31. The summed E-state index contributed by atoms with van der Waals surface area (Å²) in [5, 5.41) is 0.299. The van der Waals surface area contributed by atoms with E-state index in [1.54, 1.807) is 12.1 Å². The number of aryl methyl sites for hydroxylation is 1. The van der Waals surface area contributed by atoms with Crippen LogP contribution in [0.1, 0.15) is 18.9 Å². The average molecular weight is 448 g/mol. The minimum atomic E-state index is -3.57. The van der Waals surface area contributed by atoms with E-state index in [1.807, 2.05) is 30.0 Å². The second kappa shape index (κ2) is 9.05. The quantitative estimate of drug-likeness (QED) is 0.656. The smallest absolute Gasteiger partial charge is 0.244 e. The molecule has 1 saturated heterocycles. The molecule has 1 atom stereocenters. The van der Waals surface area contributed by atoms with Gasteiger partial charge in [0.25, 0.3) is 0 Å². The van der Waals surface area contributed by atoms with Crippen molar-refractivity contribution in [3.63, 3.8) is 0 Å². The van der Waals surface area contributed by atoms with Crippen molar-refractivity contribution in [3.8, 4) is 0 Å². The van der Waals surface area contributed by atoms with E-state index in [1.165, 1.54) is 27.8 Å². The number of pyridine rings is 1. The zero-order valence-corrected chi connectivity index (χ0v) is 18.5. The van der Waals surface area contributed by atoms with Gasteiger partial charge in [0.1, 0.15) is 4.90 Å². The molecule has 0 bridgehead atoms. The summed E-state index contributed by atoms with van der Waals surface area (Å²) in [6.45, 7) is 4.08. The van der Waals surface area contributed by atoms with Crippen LogP contribution in [-0.2, 0) is 26.0 Å². The molecule has 30 heavy (non-hydrogen) atoms. The second-order valence-corrected chi connectivity index (χ2v) is 10.6. The maximum atomic E-state index is 13.1. The lowest BCUT2D eigenvalue weighted by Crippen LogP contribution is -2.40. The number of carbonyl (C=O) groups excluding carboxylic acids is 1. The summed E-state index contributed by atoms with van der Waals surface area (Å²) in [5.74, 6) is 0.0407. The van der Waals surface area contributed by atoms with Gasteiger partial charge in [0.15, 0.2) is 0 Å². The number of carbonyl (C=O) groups is 1. The molecule has 1 aromatic heterocycles. The zero-order valence-electron chi connectivity index (χ0n) is 16.9. The molecule has 2 aliphatic heterocycles. The van der Waals surface area contributed by atoms with Gasteiger partial charge in [0, 0.05) is 31.5 Å². The SMILES string of the molecule is CC(Sc1ccc(S(=O)(=O)N2CCOCC2)cn1)C(=O)N1CCCc2ccccc21. The first-order chi connectivity index (χ1) is 14.5. The van der Waals surface area contributed by atoms with Crippen LogP contribution in [-0.4, -0.2) is 61.7 Å². The van der Waals surface area contributed by atoms with Crippen molar-refractivity contribution in [2.75, 3.05) is 37.7 Å². The summed E-state index contributed by atoms with van der Waals surface area (Å²) in [5.41, 5.74) is 2.19. The normalized spacial score (nSPS) is 18.6. The van der Waals surface area contributed by atoms with Crippen LogP contribution in [0.15, 0.2) is 52.5 Å². The third-order valence-corrected chi connectivity index (χ3v) is 8.26. The lowest BCUT2D eigenvalue weighted by molar-refractivity contribution is -0.117. The van der Waals surface area contributed by atoms with E-state index in [4.69, 9.17) is 4.74 Å². The summed E-state index contributed by atoms with van der Waals surface area (Å²) in [7, 11) is -3.57. The van der Waals surface area contributed by atoms with Crippen molar-refractivity contribution in [3.05, 3.63) is 48.2 Å². The van der Waals surface area contributed by atoms with Crippen molar-refractivity contribution >= 4 is 33.4 Å². The highest BCUT2D eigenvalue weighted by atomic mass is 32.2. The number of fused-ring (bicyclic) bond motifs is 1. The lowest BCUT2D eigenvalue weighted by atomic mass is 10.0. The largest absolute Gasteiger partial charge is 0.379 e. The molecule has 1 unspecified atom stereocenters. The molecular formula is C21H25N3O4S2. The average Bonchev–Trinajstić information content (AvgIpc) is 2.79. The molecule has 0 radical (unpaired) electrons. The molecule has 9 heteroatoms. The zero-order chi connectivity index (χ0) is 21.1. The van der Waals surface area contributed by atoms with Crippen LogP contribution in [0, 0.1) is 0 Å². The van der Waals surface area contributed by atoms with Gasteiger partial charge in [-0.15, -0.1) is 0 Å². The number of anilines is 1. The second-order valence-electron chi connectivity index (χ2n) is 7.33. The van der Waals surface area contributed by atoms with E-state index in [9.17, 15) is 13.2 Å². The number of ether oxygens (including phenoxy) is 1. The third-order valence-electron chi connectivity index (χ3n) is 5.34. The van der Waals surface area contributed by atoms with Crippen molar-refractivity contribution in [1.82, 2.24) is 9.29 Å². The Morgan fingerprint density at radius 3 is 2.63 bits per heavy atom. The fourth-order valence-corrected chi connectivity index (χ4v) is 5.94. The number of sulfonamides is 1. The molecule has 4 rings (SSSR count). The monoisotopic (exact) mass is 447 g/mol. The van der Waals surface area contributed by atoms with Crippen LogP contribution >= 0.6 is 11.8 Å². The number of para-hydroxylation sites is 1. The molecule has 2 aromatic rings. The predicted octanol–water partition coefficient (Wildman–Crippen LogP) is 2.56. The first-order valence-corrected chi connectivity index (χ1v) is 12.4. The number of thioether (sulfide) groups is 1. The molecule has 1 fully saturated rings. The van der Waals surface area contributed by atoms with E-state index >= 15 is 0 Å². The number of hydrogen-bond acceptors (Lipinski definition) is 6. The maximum absolute atomic E-state index is 13.1. The topological polar surface area (TPSA) is 79.8 Å². The van der Waals surface area contributed by atoms with Gasteiger partial charge in [-0.05, 0) is 43.5 Å². The van der Waals surface area contributed by atoms with Gasteiger partial charge in [-0.2, -0.15) is 4.31 Å². The van der Waals surface area contributed by atoms with Gasteiger partial charge >= 0.3 is 0 Å². The van der Waals surface area contributed by atoms with E-state index in [2.05, 4.69) is 11.1 Å². The third kappa shape index (κ3) is 4.39. The molecule has 160 valence electrons. The van der Waals surface area contributed by atoms with E-state index in [0.717, 1.165) is 18.5 Å². The van der Waals surface area contributed by atoms with Crippen LogP contribution in [0.5, 0.6) is 0 Å². The molecule has 7 nitrogen and oxygen atoms in total. The Morgan fingerprint density at radius 1 is 1.13 bits per heavy atom. The van der Waals surface area contributed by atoms with Gasteiger partial charge in [-0.25, -0.2) is 13.4 Å². The first kappa shape index (κ1) is 21.3. The highest BCUT2D eigenvalue weighted by Crippen LogP contribution is 2.30. The Bertz CT molecular complexity index is 1010. The van der Waals surface area contributed by atoms with Crippen molar-refractivity contribution in [2.45, 2.75) is 34.9 Å². The summed E-state index contributed by atoms with van der Waals surface area (Å²) in [6, 6.07) is 11.3. The van der Waals surface area contributed by atoms with Gasteiger partial charge in [-0.1, -0.05) is 30.0 Å². The molecule has 0 aliphatic carbocycles. The standard InChI is InChI=1S/C21H25N3O4S2/c1-16(21(25)24-10-4-6-17-5-2-3-7-19(17)24)29-20-9-8-18(15-22-20)30(26,27)23-11-13-28-14-12-23/h2-3,5,7-9,15-16H,4,6,10-14H2,1H3. The van der Waals surface area contributed by atoms with Gasteiger partial charge < -0.3 is 9.64 Å². The summed E-state index contributed by atoms with van der Waals surface area (Å²) in [6.07, 6.45) is 3.31. The highest BCUT2D eigenvalue weighted by molar-refractivity contribution is 8.00. The summed E-state index contributed by atoms with van der Waals surface area (Å²) >= 11 is 1.34.